The van der Waals surface area contributed by atoms with Gasteiger partial charge in [-0.2, -0.15) is 9.61 Å². The SMILES string of the molecule is COc1ccc(Br)cc1C(=O)NC(=S)Nc1cccc(-c2nn3c(C)nnc3s2)c1C. The summed E-state index contributed by atoms with van der Waals surface area (Å²) in [5.74, 6) is 0.824. The highest BCUT2D eigenvalue weighted by molar-refractivity contribution is 9.10. The van der Waals surface area contributed by atoms with Gasteiger partial charge in [-0.05, 0) is 55.9 Å². The van der Waals surface area contributed by atoms with Crippen LogP contribution in [0.4, 0.5) is 5.69 Å². The van der Waals surface area contributed by atoms with Gasteiger partial charge in [-0.3, -0.25) is 10.1 Å². The minimum atomic E-state index is -0.367. The van der Waals surface area contributed by atoms with Crippen molar-refractivity contribution < 1.29 is 9.53 Å². The van der Waals surface area contributed by atoms with Gasteiger partial charge in [-0.25, -0.2) is 0 Å². The standard InChI is InChI=1S/C20H17BrN6O2S2/c1-10-13(18-26-27-11(2)24-25-20(27)31-18)5-4-6-15(10)22-19(30)23-17(28)14-9-12(21)7-8-16(14)29-3/h4-9H,1-3H3,(H2,22,23,28,30). The first kappa shape index (κ1) is 21.3. The highest BCUT2D eigenvalue weighted by Crippen LogP contribution is 2.31. The zero-order valence-corrected chi connectivity index (χ0v) is 20.0. The van der Waals surface area contributed by atoms with Crippen molar-refractivity contribution in [2.24, 2.45) is 0 Å². The Balaban J connectivity index is 1.54. The van der Waals surface area contributed by atoms with Crippen LogP contribution in [0, 0.1) is 13.8 Å². The third-order valence-electron chi connectivity index (χ3n) is 4.59. The summed E-state index contributed by atoms with van der Waals surface area (Å²) in [7, 11) is 1.51. The maximum absolute atomic E-state index is 12.7. The summed E-state index contributed by atoms with van der Waals surface area (Å²) >= 11 is 10.2. The molecule has 2 heterocycles. The minimum Gasteiger partial charge on any atom is -0.496 e. The molecule has 11 heteroatoms. The number of hydrogen-bond donors (Lipinski definition) is 2. The molecule has 4 aromatic rings. The minimum absolute atomic E-state index is 0.182. The van der Waals surface area contributed by atoms with Gasteiger partial charge in [0.25, 0.3) is 5.91 Å². The van der Waals surface area contributed by atoms with Gasteiger partial charge in [0.1, 0.15) is 10.8 Å². The molecule has 1 amide bonds. The Morgan fingerprint density at radius 3 is 2.77 bits per heavy atom. The number of fused-ring (bicyclic) bond motifs is 1. The van der Waals surface area contributed by atoms with Gasteiger partial charge < -0.3 is 10.1 Å². The number of benzene rings is 2. The zero-order valence-electron chi connectivity index (χ0n) is 16.8. The van der Waals surface area contributed by atoms with Gasteiger partial charge in [0.2, 0.25) is 4.96 Å². The summed E-state index contributed by atoms with van der Waals surface area (Å²) in [5, 5.41) is 19.5. The molecule has 0 fully saturated rings. The molecule has 0 aliphatic rings. The molecule has 0 radical (unpaired) electrons. The Kier molecular flexibility index (Phi) is 5.99. The van der Waals surface area contributed by atoms with Crippen LogP contribution in [0.3, 0.4) is 0 Å². The Labute approximate surface area is 195 Å². The monoisotopic (exact) mass is 516 g/mol. The van der Waals surface area contributed by atoms with E-state index in [1.807, 2.05) is 32.0 Å². The summed E-state index contributed by atoms with van der Waals surface area (Å²) in [5.41, 5.74) is 3.04. The number of aryl methyl sites for hydroxylation is 1. The maximum atomic E-state index is 12.7. The summed E-state index contributed by atoms with van der Waals surface area (Å²) in [6.07, 6.45) is 0. The summed E-state index contributed by atoms with van der Waals surface area (Å²) in [6.45, 7) is 3.82. The van der Waals surface area contributed by atoms with E-state index in [1.54, 1.807) is 22.7 Å². The molecule has 0 aliphatic carbocycles. The molecule has 0 unspecified atom stereocenters. The van der Waals surface area contributed by atoms with E-state index < -0.39 is 0 Å². The van der Waals surface area contributed by atoms with Crippen LogP contribution in [0.5, 0.6) is 5.75 Å². The van der Waals surface area contributed by atoms with E-state index in [1.165, 1.54) is 18.4 Å². The number of amides is 1. The highest BCUT2D eigenvalue weighted by Gasteiger charge is 2.17. The third-order valence-corrected chi connectivity index (χ3v) is 6.22. The lowest BCUT2D eigenvalue weighted by Crippen LogP contribution is -2.34. The van der Waals surface area contributed by atoms with E-state index in [0.29, 0.717) is 11.3 Å². The second kappa shape index (κ2) is 8.69. The van der Waals surface area contributed by atoms with E-state index in [4.69, 9.17) is 17.0 Å². The number of ether oxygens (including phenoxy) is 1. The molecular formula is C20H17BrN6O2S2. The Hall–Kier alpha value is -2.89. The number of carbonyl (C=O) groups excluding carboxylic acids is 1. The molecule has 0 bridgehead atoms. The van der Waals surface area contributed by atoms with Crippen LogP contribution in [0.2, 0.25) is 0 Å². The number of thiocarbonyl (C=S) groups is 1. The molecule has 0 atom stereocenters. The molecule has 0 spiro atoms. The van der Waals surface area contributed by atoms with Crippen LogP contribution in [0.25, 0.3) is 15.5 Å². The van der Waals surface area contributed by atoms with Gasteiger partial charge >= 0.3 is 0 Å². The smallest absolute Gasteiger partial charge is 0.261 e. The molecule has 31 heavy (non-hydrogen) atoms. The Morgan fingerprint density at radius 1 is 1.23 bits per heavy atom. The first-order chi connectivity index (χ1) is 14.9. The summed E-state index contributed by atoms with van der Waals surface area (Å²) in [4.78, 5) is 13.4. The number of aromatic nitrogens is 4. The van der Waals surface area contributed by atoms with Gasteiger partial charge in [0, 0.05) is 15.7 Å². The lowest BCUT2D eigenvalue weighted by Gasteiger charge is -2.14. The number of rotatable bonds is 4. The molecular weight excluding hydrogens is 500 g/mol. The normalized spacial score (nSPS) is 10.8. The van der Waals surface area contributed by atoms with Crippen molar-refractivity contribution in [2.45, 2.75) is 13.8 Å². The second-order valence-corrected chi connectivity index (χ2v) is 8.86. The molecule has 158 valence electrons. The van der Waals surface area contributed by atoms with Gasteiger partial charge in [0.15, 0.2) is 10.9 Å². The van der Waals surface area contributed by atoms with Crippen LogP contribution in [-0.4, -0.2) is 37.9 Å². The lowest BCUT2D eigenvalue weighted by atomic mass is 10.1. The number of methoxy groups -OCH3 is 1. The lowest BCUT2D eigenvalue weighted by molar-refractivity contribution is 0.0974. The first-order valence-corrected chi connectivity index (χ1v) is 11.1. The average Bonchev–Trinajstić information content (AvgIpc) is 3.31. The van der Waals surface area contributed by atoms with Gasteiger partial charge in [-0.1, -0.05) is 39.4 Å². The zero-order chi connectivity index (χ0) is 22.1. The van der Waals surface area contributed by atoms with Crippen molar-refractivity contribution in [3.8, 4) is 16.3 Å². The fraction of sp³-hybridized carbons (Fsp3) is 0.150. The fourth-order valence-electron chi connectivity index (χ4n) is 3.01. The number of nitrogens with zero attached hydrogens (tertiary/aromatic N) is 4. The predicted octanol–water partition coefficient (Wildman–Crippen LogP) is 4.37. The topological polar surface area (TPSA) is 93.4 Å². The van der Waals surface area contributed by atoms with E-state index in [9.17, 15) is 4.79 Å². The number of carbonyl (C=O) groups is 1. The van der Waals surface area contributed by atoms with E-state index >= 15 is 0 Å². The second-order valence-electron chi connectivity index (χ2n) is 6.58. The van der Waals surface area contributed by atoms with E-state index in [-0.39, 0.29) is 11.0 Å². The number of hydrogen-bond acceptors (Lipinski definition) is 7. The summed E-state index contributed by atoms with van der Waals surface area (Å²) in [6, 6.07) is 11.0. The molecule has 0 aliphatic heterocycles. The van der Waals surface area contributed by atoms with Crippen molar-refractivity contribution in [3.05, 3.63) is 57.8 Å². The molecule has 2 N–H and O–H groups in total. The third kappa shape index (κ3) is 4.29. The molecule has 2 aromatic heterocycles. The van der Waals surface area contributed by atoms with E-state index in [0.717, 1.165) is 37.1 Å². The van der Waals surface area contributed by atoms with Crippen LogP contribution < -0.4 is 15.4 Å². The van der Waals surface area contributed by atoms with Crippen molar-refractivity contribution in [1.82, 2.24) is 25.1 Å². The number of anilines is 1. The summed E-state index contributed by atoms with van der Waals surface area (Å²) < 4.78 is 7.75. The largest absolute Gasteiger partial charge is 0.496 e. The molecule has 8 nitrogen and oxygen atoms in total. The first-order valence-electron chi connectivity index (χ1n) is 9.12. The fourth-order valence-corrected chi connectivity index (χ4v) is 4.54. The van der Waals surface area contributed by atoms with Crippen molar-refractivity contribution in [2.75, 3.05) is 12.4 Å². The molecule has 2 aromatic carbocycles. The maximum Gasteiger partial charge on any atom is 0.261 e. The Morgan fingerprint density at radius 2 is 2.03 bits per heavy atom. The number of nitrogens with one attached hydrogen (secondary N) is 2. The predicted molar refractivity (Wildman–Crippen MR) is 128 cm³/mol. The van der Waals surface area contributed by atoms with Crippen molar-refractivity contribution in [1.29, 1.82) is 0 Å². The van der Waals surface area contributed by atoms with Gasteiger partial charge in [0.05, 0.1) is 12.7 Å². The van der Waals surface area contributed by atoms with Gasteiger partial charge in [-0.15, -0.1) is 10.2 Å². The van der Waals surface area contributed by atoms with Crippen molar-refractivity contribution >= 4 is 61.2 Å². The van der Waals surface area contributed by atoms with E-state index in [2.05, 4.69) is 41.9 Å². The van der Waals surface area contributed by atoms with Crippen LogP contribution in [0.15, 0.2) is 40.9 Å². The molecule has 4 rings (SSSR count). The van der Waals surface area contributed by atoms with Crippen molar-refractivity contribution in [3.63, 3.8) is 0 Å². The van der Waals surface area contributed by atoms with Crippen LogP contribution in [-0.2, 0) is 0 Å². The van der Waals surface area contributed by atoms with Crippen LogP contribution >= 0.6 is 39.5 Å². The average molecular weight is 517 g/mol. The highest BCUT2D eigenvalue weighted by atomic mass is 79.9. The van der Waals surface area contributed by atoms with Crippen LogP contribution in [0.1, 0.15) is 21.7 Å². The number of halogens is 1. The molecule has 0 saturated heterocycles. The molecule has 0 saturated carbocycles. The quantitative estimate of drug-likeness (QED) is 0.389. The Bertz CT molecular complexity index is 1320.